The zero-order chi connectivity index (χ0) is 43.0. The Bertz CT molecular complexity index is 4310. The van der Waals surface area contributed by atoms with E-state index in [0.29, 0.717) is 0 Å². The zero-order valence-corrected chi connectivity index (χ0v) is 35.6. The molecule has 0 saturated heterocycles. The number of benzene rings is 10. The molecule has 0 atom stereocenters. The molecule has 306 valence electrons. The van der Waals surface area contributed by atoms with Crippen LogP contribution >= 0.6 is 0 Å². The Kier molecular flexibility index (Phi) is 7.16. The maximum atomic E-state index is 6.00. The Morgan fingerprint density at radius 2 is 0.727 bits per heavy atom. The van der Waals surface area contributed by atoms with Crippen molar-refractivity contribution in [3.05, 3.63) is 224 Å². The number of aromatic nitrogens is 3. The lowest BCUT2D eigenvalue weighted by Gasteiger charge is -2.26. The van der Waals surface area contributed by atoms with Gasteiger partial charge in [0.25, 0.3) is 0 Å². The number of pyridine rings is 1. The third-order valence-electron chi connectivity index (χ3n) is 14.0. The molecular formula is C61H37N5. The van der Waals surface area contributed by atoms with E-state index in [1.807, 2.05) is 0 Å². The fourth-order valence-corrected chi connectivity index (χ4v) is 11.4. The Hall–Kier alpha value is -8.93. The molecule has 0 spiro atoms. The third kappa shape index (κ3) is 4.70. The highest BCUT2D eigenvalue weighted by Gasteiger charge is 2.29. The van der Waals surface area contributed by atoms with Gasteiger partial charge in [0, 0.05) is 60.5 Å². The number of rotatable bonds is 6. The van der Waals surface area contributed by atoms with E-state index >= 15 is 0 Å². The zero-order valence-electron chi connectivity index (χ0n) is 35.6. The monoisotopic (exact) mass is 839 g/mol. The molecule has 0 bridgehead atoms. The molecule has 15 aromatic rings. The summed E-state index contributed by atoms with van der Waals surface area (Å²) in [6.45, 7) is 0. The molecular weight excluding hydrogens is 803 g/mol. The summed E-state index contributed by atoms with van der Waals surface area (Å²) in [4.78, 5) is 10.8. The maximum absolute atomic E-state index is 6.00. The molecule has 0 fully saturated rings. The van der Waals surface area contributed by atoms with E-state index in [4.69, 9.17) is 4.98 Å². The highest BCUT2D eigenvalue weighted by atomic mass is 15.2. The first-order chi connectivity index (χ1) is 32.8. The number of hydrogen-bond donors (Lipinski definition) is 0. The van der Waals surface area contributed by atoms with Gasteiger partial charge in [-0.1, -0.05) is 146 Å². The van der Waals surface area contributed by atoms with E-state index < -0.39 is 0 Å². The average molecular weight is 840 g/mol. The molecule has 10 aromatic carbocycles. The van der Waals surface area contributed by atoms with Crippen molar-refractivity contribution >= 4 is 132 Å². The SMILES string of the molecule is c1ccc(N(c2ccccc2)c2cccc3c4cc5ccccc5c5c6nc7c(cc6n(c23)c45)c2cc3ccccc3c3c4cccc(N(c5ccccc5)c5ccccc5)c4n7c23)cc1. The van der Waals surface area contributed by atoms with E-state index in [1.54, 1.807) is 0 Å². The van der Waals surface area contributed by atoms with Crippen LogP contribution in [0, 0.1) is 0 Å². The topological polar surface area (TPSA) is 28.2 Å². The second kappa shape index (κ2) is 13.3. The first-order valence-corrected chi connectivity index (χ1v) is 22.6. The first kappa shape index (κ1) is 35.5. The van der Waals surface area contributed by atoms with Crippen molar-refractivity contribution in [2.45, 2.75) is 0 Å². The quantitative estimate of drug-likeness (QED) is 0.167. The van der Waals surface area contributed by atoms with Crippen LogP contribution in [0.5, 0.6) is 0 Å². The summed E-state index contributed by atoms with van der Waals surface area (Å²) in [5.74, 6) is 0. The number of hydrogen-bond acceptors (Lipinski definition) is 3. The molecule has 0 amide bonds. The van der Waals surface area contributed by atoms with E-state index in [9.17, 15) is 0 Å². The lowest BCUT2D eigenvalue weighted by Crippen LogP contribution is -2.10. The number of para-hydroxylation sites is 6. The lowest BCUT2D eigenvalue weighted by molar-refractivity contribution is 1.25. The van der Waals surface area contributed by atoms with Crippen molar-refractivity contribution in [1.29, 1.82) is 0 Å². The van der Waals surface area contributed by atoms with Gasteiger partial charge in [-0.3, -0.25) is 4.40 Å². The predicted octanol–water partition coefficient (Wildman–Crippen LogP) is 16.6. The van der Waals surface area contributed by atoms with Gasteiger partial charge in [-0.2, -0.15) is 0 Å². The molecule has 0 N–H and O–H groups in total. The van der Waals surface area contributed by atoms with Crippen LogP contribution in [0.25, 0.3) is 98.0 Å². The minimum absolute atomic E-state index is 0.958. The fraction of sp³-hybridized carbons (Fsp3) is 0. The van der Waals surface area contributed by atoms with Crippen LogP contribution in [-0.4, -0.2) is 13.8 Å². The van der Waals surface area contributed by atoms with Crippen molar-refractivity contribution < 1.29 is 0 Å². The highest BCUT2D eigenvalue weighted by molar-refractivity contribution is 6.35. The van der Waals surface area contributed by atoms with Crippen molar-refractivity contribution in [3.8, 4) is 0 Å². The minimum Gasteiger partial charge on any atom is -0.308 e. The van der Waals surface area contributed by atoms with Crippen molar-refractivity contribution in [2.75, 3.05) is 9.80 Å². The first-order valence-electron chi connectivity index (χ1n) is 22.6. The summed E-state index contributed by atoms with van der Waals surface area (Å²) in [6, 6.07) is 81.5. The summed E-state index contributed by atoms with van der Waals surface area (Å²) < 4.78 is 5.02. The molecule has 5 aromatic heterocycles. The molecule has 5 nitrogen and oxygen atoms in total. The van der Waals surface area contributed by atoms with Crippen LogP contribution in [0.4, 0.5) is 34.1 Å². The van der Waals surface area contributed by atoms with E-state index in [1.165, 1.54) is 64.9 Å². The molecule has 0 radical (unpaired) electrons. The van der Waals surface area contributed by atoms with E-state index in [0.717, 1.165) is 67.2 Å². The lowest BCUT2D eigenvalue weighted by atomic mass is 9.99. The van der Waals surface area contributed by atoms with Crippen LogP contribution in [0.15, 0.2) is 224 Å². The largest absolute Gasteiger partial charge is 0.308 e. The Labute approximate surface area is 378 Å². The smallest absolute Gasteiger partial charge is 0.146 e. The normalized spacial score (nSPS) is 12.2. The van der Waals surface area contributed by atoms with Gasteiger partial charge in [-0.15, -0.1) is 0 Å². The average Bonchev–Trinajstić information content (AvgIpc) is 4.10. The third-order valence-corrected chi connectivity index (χ3v) is 14.0. The van der Waals surface area contributed by atoms with Crippen LogP contribution in [0.2, 0.25) is 0 Å². The molecule has 0 aliphatic rings. The minimum atomic E-state index is 0.958. The van der Waals surface area contributed by atoms with Crippen LogP contribution in [0.3, 0.4) is 0 Å². The maximum Gasteiger partial charge on any atom is 0.146 e. The molecule has 0 aliphatic carbocycles. The van der Waals surface area contributed by atoms with Crippen LogP contribution in [0.1, 0.15) is 0 Å². The molecule has 66 heavy (non-hydrogen) atoms. The number of fused-ring (bicyclic) bond motifs is 16. The highest BCUT2D eigenvalue weighted by Crippen LogP contribution is 2.51. The number of anilines is 6. The van der Waals surface area contributed by atoms with Gasteiger partial charge in [0.05, 0.1) is 44.5 Å². The summed E-state index contributed by atoms with van der Waals surface area (Å²) >= 11 is 0. The summed E-state index contributed by atoms with van der Waals surface area (Å²) in [6.07, 6.45) is 0. The Balaban J connectivity index is 1.15. The Morgan fingerprint density at radius 1 is 0.303 bits per heavy atom. The second-order valence-corrected chi connectivity index (χ2v) is 17.5. The summed E-state index contributed by atoms with van der Waals surface area (Å²) in [7, 11) is 0. The number of nitrogens with zero attached hydrogens (tertiary/aromatic N) is 5. The molecule has 5 heteroatoms. The summed E-state index contributed by atoms with van der Waals surface area (Å²) in [5, 5.41) is 13.3. The van der Waals surface area contributed by atoms with Gasteiger partial charge < -0.3 is 14.2 Å². The van der Waals surface area contributed by atoms with Gasteiger partial charge in [-0.05, 0) is 100 Å². The molecule has 0 aliphatic heterocycles. The predicted molar refractivity (Wildman–Crippen MR) is 278 cm³/mol. The van der Waals surface area contributed by atoms with E-state index in [-0.39, 0.29) is 0 Å². The second-order valence-electron chi connectivity index (χ2n) is 17.5. The van der Waals surface area contributed by atoms with Gasteiger partial charge in [0.1, 0.15) is 5.65 Å². The van der Waals surface area contributed by atoms with Gasteiger partial charge in [-0.25, -0.2) is 4.98 Å². The van der Waals surface area contributed by atoms with Crippen molar-refractivity contribution in [2.24, 2.45) is 0 Å². The standard InChI is InChI=1S/C61H37N5/c1-5-21-40(22-6-1)63(41-23-7-2-8-24-41)51-33-17-31-46-48-35-39-20-14-16-30-45(39)55-56-53(65(57(46)51)60(48)55)37-50-49-36-38-19-13-15-29-44(38)54-47-32-18-34-52(58(47)66(59(49)54)61(50)62-56)64(42-25-9-3-10-26-42)43-27-11-4-12-28-43/h1-37H. The molecule has 5 heterocycles. The summed E-state index contributed by atoms with van der Waals surface area (Å²) in [5.41, 5.74) is 14.4. The molecule has 0 saturated carbocycles. The van der Waals surface area contributed by atoms with Crippen molar-refractivity contribution in [3.63, 3.8) is 0 Å². The Morgan fingerprint density at radius 3 is 1.27 bits per heavy atom. The van der Waals surface area contributed by atoms with Gasteiger partial charge in [0.2, 0.25) is 0 Å². The van der Waals surface area contributed by atoms with Gasteiger partial charge in [0.15, 0.2) is 0 Å². The van der Waals surface area contributed by atoms with Crippen LogP contribution < -0.4 is 9.80 Å². The van der Waals surface area contributed by atoms with E-state index in [2.05, 4.69) is 243 Å². The van der Waals surface area contributed by atoms with Crippen LogP contribution in [-0.2, 0) is 0 Å². The fourth-order valence-electron chi connectivity index (χ4n) is 11.4. The molecule has 0 unspecified atom stereocenters. The van der Waals surface area contributed by atoms with Gasteiger partial charge >= 0.3 is 0 Å². The van der Waals surface area contributed by atoms with Crippen molar-refractivity contribution in [1.82, 2.24) is 13.8 Å². The molecule has 15 rings (SSSR count).